The first kappa shape index (κ1) is 25.2. The lowest BCUT2D eigenvalue weighted by molar-refractivity contribution is 0.0278. The summed E-state index contributed by atoms with van der Waals surface area (Å²) in [5, 5.41) is 0. The van der Waals surface area contributed by atoms with E-state index >= 15 is 4.39 Å². The smallest absolute Gasteiger partial charge is 0.410 e. The topological polar surface area (TPSA) is 80.3 Å². The van der Waals surface area contributed by atoms with Crippen LogP contribution in [0.1, 0.15) is 33.3 Å². The summed E-state index contributed by atoms with van der Waals surface area (Å²) < 4.78 is 26.6. The van der Waals surface area contributed by atoms with Crippen molar-refractivity contribution < 1.29 is 18.7 Å². The third kappa shape index (κ3) is 5.48. The van der Waals surface area contributed by atoms with Crippen LogP contribution in [0.15, 0.2) is 55.0 Å². The molecular weight excluding hydrogens is 459 g/mol. The fourth-order valence-corrected chi connectivity index (χ4v) is 3.89. The molecule has 3 heterocycles. The number of aryl methyl sites for hydroxylation is 1. The van der Waals surface area contributed by atoms with Gasteiger partial charge in [-0.2, -0.15) is 0 Å². The Bertz CT molecular complexity index is 1380. The quantitative estimate of drug-likeness (QED) is 0.332. The van der Waals surface area contributed by atoms with Crippen LogP contribution in [0.4, 0.5) is 9.18 Å². The number of rotatable bonds is 7. The van der Waals surface area contributed by atoms with Gasteiger partial charge in [0.1, 0.15) is 23.8 Å². The normalized spacial score (nSPS) is 11.5. The molecule has 1 N–H and O–H groups in total. The van der Waals surface area contributed by atoms with Crippen LogP contribution in [0.5, 0.6) is 5.75 Å². The van der Waals surface area contributed by atoms with E-state index in [1.165, 1.54) is 11.0 Å². The van der Waals surface area contributed by atoms with Crippen LogP contribution in [0, 0.1) is 5.82 Å². The van der Waals surface area contributed by atoms with E-state index in [1.54, 1.807) is 31.7 Å². The van der Waals surface area contributed by atoms with Gasteiger partial charge in [-0.3, -0.25) is 9.97 Å². The van der Waals surface area contributed by atoms with E-state index in [4.69, 9.17) is 9.47 Å². The van der Waals surface area contributed by atoms with E-state index in [2.05, 4.69) is 15.0 Å². The van der Waals surface area contributed by atoms with Gasteiger partial charge in [0, 0.05) is 36.1 Å². The van der Waals surface area contributed by atoms with Crippen molar-refractivity contribution in [1.82, 2.24) is 19.9 Å². The highest BCUT2D eigenvalue weighted by atomic mass is 19.1. The number of nitrogens with zero attached hydrogens (tertiary/aromatic N) is 3. The van der Waals surface area contributed by atoms with Crippen molar-refractivity contribution >= 4 is 17.1 Å². The van der Waals surface area contributed by atoms with E-state index in [9.17, 15) is 4.79 Å². The van der Waals surface area contributed by atoms with E-state index in [0.717, 1.165) is 23.1 Å². The Kier molecular flexibility index (Phi) is 7.24. The summed E-state index contributed by atoms with van der Waals surface area (Å²) in [6.07, 6.45) is 5.34. The summed E-state index contributed by atoms with van der Waals surface area (Å²) in [6.45, 7) is 8.04. The molecule has 0 atom stereocenters. The molecule has 4 aromatic rings. The molecule has 0 aliphatic rings. The van der Waals surface area contributed by atoms with Gasteiger partial charge < -0.3 is 19.4 Å². The second kappa shape index (κ2) is 10.4. The molecule has 8 heteroatoms. The lowest BCUT2D eigenvalue weighted by Crippen LogP contribution is -2.36. The number of carbonyl (C=O) groups excluding carboxylic acids is 1. The number of benzene rings is 1. The molecule has 3 aromatic heterocycles. The number of nitrogens with one attached hydrogen (secondary N) is 1. The van der Waals surface area contributed by atoms with Gasteiger partial charge in [0.15, 0.2) is 0 Å². The number of hydrogen-bond acceptors (Lipinski definition) is 5. The molecular formula is C28H31FN4O3. The number of carbonyl (C=O) groups is 1. The maximum Gasteiger partial charge on any atom is 0.410 e. The molecule has 4 rings (SSSR count). The number of likely N-dealkylation sites (N-methyl/N-ethyl adjacent to an activating group) is 1. The van der Waals surface area contributed by atoms with Crippen molar-refractivity contribution in [2.75, 3.05) is 20.2 Å². The Morgan fingerprint density at radius 1 is 1.14 bits per heavy atom. The molecule has 1 amide bonds. The Morgan fingerprint density at radius 3 is 2.69 bits per heavy atom. The number of amides is 1. The minimum absolute atomic E-state index is 0.224. The molecule has 0 saturated heterocycles. The maximum atomic E-state index is 15.1. The zero-order valence-corrected chi connectivity index (χ0v) is 21.3. The number of fused-ring (bicyclic) bond motifs is 1. The Balaban J connectivity index is 1.69. The molecule has 1 aromatic carbocycles. The number of aromatic nitrogens is 3. The number of halogens is 1. The van der Waals surface area contributed by atoms with Gasteiger partial charge in [-0.05, 0) is 63.1 Å². The van der Waals surface area contributed by atoms with E-state index in [1.807, 2.05) is 52.0 Å². The monoisotopic (exact) mass is 490 g/mol. The molecule has 0 unspecified atom stereocenters. The number of ether oxygens (including phenoxy) is 2. The first-order valence-electron chi connectivity index (χ1n) is 11.9. The summed E-state index contributed by atoms with van der Waals surface area (Å²) in [6, 6.07) is 10.7. The largest absolute Gasteiger partial charge is 0.489 e. The summed E-state index contributed by atoms with van der Waals surface area (Å²) in [7, 11) is 1.66. The van der Waals surface area contributed by atoms with Crippen molar-refractivity contribution in [3.8, 4) is 28.1 Å². The van der Waals surface area contributed by atoms with Crippen molar-refractivity contribution in [3.05, 3.63) is 66.4 Å². The highest BCUT2D eigenvalue weighted by Gasteiger charge is 2.22. The zero-order chi connectivity index (χ0) is 25.9. The molecule has 0 bridgehead atoms. The van der Waals surface area contributed by atoms with Crippen LogP contribution in [-0.4, -0.2) is 51.7 Å². The number of hydrogen-bond donors (Lipinski definition) is 1. The molecule has 0 radical (unpaired) electrons. The van der Waals surface area contributed by atoms with Gasteiger partial charge >= 0.3 is 6.09 Å². The van der Waals surface area contributed by atoms with Crippen LogP contribution in [0.3, 0.4) is 0 Å². The van der Waals surface area contributed by atoms with E-state index < -0.39 is 11.7 Å². The Hall–Kier alpha value is -3.94. The predicted molar refractivity (Wildman–Crippen MR) is 138 cm³/mol. The van der Waals surface area contributed by atoms with Gasteiger partial charge in [0.05, 0.1) is 29.5 Å². The van der Waals surface area contributed by atoms with Crippen molar-refractivity contribution in [2.24, 2.45) is 0 Å². The SMILES string of the molecule is CCc1ccc(F)c(-c2c(-c3ccncc3OCCN(C)C(=O)OC(C)(C)C)[nH]c3cccnc23)c1. The molecule has 36 heavy (non-hydrogen) atoms. The van der Waals surface area contributed by atoms with Crippen molar-refractivity contribution in [1.29, 1.82) is 0 Å². The van der Waals surface area contributed by atoms with Gasteiger partial charge in [0.25, 0.3) is 0 Å². The van der Waals surface area contributed by atoms with Gasteiger partial charge in [0.2, 0.25) is 0 Å². The predicted octanol–water partition coefficient (Wildman–Crippen LogP) is 6.24. The lowest BCUT2D eigenvalue weighted by Gasteiger charge is -2.24. The van der Waals surface area contributed by atoms with Crippen molar-refractivity contribution in [2.45, 2.75) is 39.7 Å². The van der Waals surface area contributed by atoms with Crippen LogP contribution in [0.2, 0.25) is 0 Å². The fourth-order valence-electron chi connectivity index (χ4n) is 3.89. The Morgan fingerprint density at radius 2 is 1.94 bits per heavy atom. The molecule has 0 spiro atoms. The highest BCUT2D eigenvalue weighted by Crippen LogP contribution is 2.41. The van der Waals surface area contributed by atoms with Crippen LogP contribution >= 0.6 is 0 Å². The van der Waals surface area contributed by atoms with Gasteiger partial charge in [-0.15, -0.1) is 0 Å². The number of aromatic amines is 1. The molecule has 188 valence electrons. The average molecular weight is 491 g/mol. The second-order valence-electron chi connectivity index (χ2n) is 9.56. The average Bonchev–Trinajstić information content (AvgIpc) is 3.23. The summed E-state index contributed by atoms with van der Waals surface area (Å²) in [4.78, 5) is 25.9. The zero-order valence-electron chi connectivity index (χ0n) is 21.3. The number of H-pyrrole nitrogens is 1. The third-order valence-corrected chi connectivity index (χ3v) is 5.71. The highest BCUT2D eigenvalue weighted by molar-refractivity contribution is 6.02. The lowest BCUT2D eigenvalue weighted by atomic mass is 9.97. The summed E-state index contributed by atoms with van der Waals surface area (Å²) >= 11 is 0. The van der Waals surface area contributed by atoms with E-state index in [-0.39, 0.29) is 12.4 Å². The first-order valence-corrected chi connectivity index (χ1v) is 11.9. The summed E-state index contributed by atoms with van der Waals surface area (Å²) in [5.41, 5.74) is 4.46. The van der Waals surface area contributed by atoms with Crippen LogP contribution in [-0.2, 0) is 11.2 Å². The molecule has 7 nitrogen and oxygen atoms in total. The Labute approximate surface area is 210 Å². The minimum Gasteiger partial charge on any atom is -0.489 e. The molecule has 0 aliphatic carbocycles. The van der Waals surface area contributed by atoms with Gasteiger partial charge in [-0.25, -0.2) is 9.18 Å². The third-order valence-electron chi connectivity index (χ3n) is 5.71. The van der Waals surface area contributed by atoms with Crippen LogP contribution < -0.4 is 4.74 Å². The van der Waals surface area contributed by atoms with Gasteiger partial charge in [-0.1, -0.05) is 13.0 Å². The maximum absolute atomic E-state index is 15.1. The van der Waals surface area contributed by atoms with E-state index in [0.29, 0.717) is 34.6 Å². The minimum atomic E-state index is -0.576. The fraction of sp³-hybridized carbons (Fsp3) is 0.321. The molecule has 0 aliphatic heterocycles. The molecule has 0 fully saturated rings. The van der Waals surface area contributed by atoms with Crippen LogP contribution in [0.25, 0.3) is 33.4 Å². The summed E-state index contributed by atoms with van der Waals surface area (Å²) in [5.74, 6) is 0.186. The standard InChI is InChI=1S/C28H31FN4O3/c1-6-18-9-10-21(29)20(16-18)24-25(32-22-8-7-12-31-26(22)24)19-11-13-30-17-23(19)35-15-14-33(5)27(34)36-28(2,3)4/h7-13,16-17,32H,6,14-15H2,1-5H3. The molecule has 0 saturated carbocycles. The number of pyridine rings is 2. The second-order valence-corrected chi connectivity index (χ2v) is 9.56. The first-order chi connectivity index (χ1) is 17.2. The van der Waals surface area contributed by atoms with Crippen molar-refractivity contribution in [3.63, 3.8) is 0 Å².